The van der Waals surface area contributed by atoms with E-state index in [1.807, 2.05) is 37.4 Å². The smallest absolute Gasteiger partial charge is 0.475 e. The van der Waals surface area contributed by atoms with E-state index in [0.717, 1.165) is 62.7 Å². The molecule has 16 heteroatoms. The van der Waals surface area contributed by atoms with Gasteiger partial charge in [0.05, 0.1) is 17.4 Å². The summed E-state index contributed by atoms with van der Waals surface area (Å²) in [6.07, 6.45) is -3.50. The molecule has 0 aliphatic carbocycles. The fourth-order valence-electron chi connectivity index (χ4n) is 4.04. The Hall–Kier alpha value is -3.40. The minimum absolute atomic E-state index is 0.00743. The first kappa shape index (κ1) is 31.8. The minimum atomic E-state index is -5.08. The Labute approximate surface area is 218 Å². The second-order valence-corrected chi connectivity index (χ2v) is 8.91. The first-order valence-corrected chi connectivity index (χ1v) is 11.7. The molecular formula is C23H28F6N4O6. The van der Waals surface area contributed by atoms with Gasteiger partial charge in [-0.15, -0.1) is 0 Å². The number of halogens is 6. The van der Waals surface area contributed by atoms with Crippen molar-refractivity contribution in [3.63, 3.8) is 0 Å². The lowest BCUT2D eigenvalue weighted by Crippen LogP contribution is -2.45. The Morgan fingerprint density at radius 2 is 1.77 bits per heavy atom. The number of aliphatic carboxylic acids is 2. The number of hydrogen-bond acceptors (Lipinski definition) is 8. The van der Waals surface area contributed by atoms with E-state index < -0.39 is 24.3 Å². The van der Waals surface area contributed by atoms with Gasteiger partial charge in [-0.2, -0.15) is 26.3 Å². The van der Waals surface area contributed by atoms with E-state index in [1.165, 1.54) is 6.42 Å². The number of carboxylic acid groups (broad SMARTS) is 2. The number of rotatable bonds is 5. The fourth-order valence-corrected chi connectivity index (χ4v) is 4.04. The molecule has 10 nitrogen and oxygen atoms in total. The standard InChI is InChI=1S/C19H26N4O2.2C2HF3O2/c1-15-11-16(22-25-15)13-23-10-8-19(14-23)7-4-5-17(24-19)12-21-18-6-2-3-9-20-18;2*3-2(4,5)1(6)7/h2-3,6,9,11,17H,4-5,7-8,10,12-14H2,1H3,(H,20,21);2*(H,6,7)/t17-,19+;;/m0../s1. The van der Waals surface area contributed by atoms with Gasteiger partial charge in [-0.3, -0.25) is 4.90 Å². The zero-order valence-electron chi connectivity index (χ0n) is 20.8. The summed E-state index contributed by atoms with van der Waals surface area (Å²) in [5.74, 6) is -3.72. The van der Waals surface area contributed by atoms with Crippen LogP contribution in [0.3, 0.4) is 0 Å². The van der Waals surface area contributed by atoms with Gasteiger partial charge in [0.25, 0.3) is 0 Å². The molecule has 2 saturated heterocycles. The maximum Gasteiger partial charge on any atom is 0.490 e. The summed E-state index contributed by atoms with van der Waals surface area (Å²) in [5, 5.41) is 21.8. The third-order valence-corrected chi connectivity index (χ3v) is 5.69. The molecule has 2 aromatic heterocycles. The van der Waals surface area contributed by atoms with Crippen molar-refractivity contribution in [2.24, 2.45) is 0 Å². The van der Waals surface area contributed by atoms with Crippen molar-refractivity contribution >= 4 is 17.8 Å². The highest BCUT2D eigenvalue weighted by atomic mass is 19.4. The molecule has 0 unspecified atom stereocenters. The molecule has 4 rings (SSSR count). The molecule has 0 saturated carbocycles. The van der Waals surface area contributed by atoms with Gasteiger partial charge in [0.15, 0.2) is 0 Å². The molecule has 2 aromatic rings. The van der Waals surface area contributed by atoms with Crippen molar-refractivity contribution in [2.45, 2.75) is 63.2 Å². The SMILES string of the molecule is Cc1cc(CN2CC[C@]3(CCC[C@@H](CNc4ccccn4)O3)C2)no1.O=C(O)C(F)(F)F.O=C(O)C(F)(F)F. The third kappa shape index (κ3) is 11.1. The molecule has 0 radical (unpaired) electrons. The highest BCUT2D eigenvalue weighted by Crippen LogP contribution is 2.37. The van der Waals surface area contributed by atoms with Gasteiger partial charge in [0.1, 0.15) is 11.6 Å². The Morgan fingerprint density at radius 1 is 1.13 bits per heavy atom. The Kier molecular flexibility index (Phi) is 11.1. The summed E-state index contributed by atoms with van der Waals surface area (Å²) in [6.45, 7) is 5.65. The van der Waals surface area contributed by atoms with Crippen LogP contribution in [-0.4, -0.2) is 80.9 Å². The molecule has 3 N–H and O–H groups in total. The predicted octanol–water partition coefficient (Wildman–Crippen LogP) is 4.27. The molecule has 2 atom stereocenters. The molecule has 0 aromatic carbocycles. The average Bonchev–Trinajstić information content (AvgIpc) is 3.43. The van der Waals surface area contributed by atoms with Crippen LogP contribution >= 0.6 is 0 Å². The van der Waals surface area contributed by atoms with Crippen LogP contribution in [0.15, 0.2) is 35.0 Å². The van der Waals surface area contributed by atoms with Gasteiger partial charge in [-0.1, -0.05) is 11.2 Å². The molecule has 4 heterocycles. The largest absolute Gasteiger partial charge is 0.490 e. The monoisotopic (exact) mass is 570 g/mol. The average molecular weight is 570 g/mol. The molecule has 218 valence electrons. The van der Waals surface area contributed by atoms with E-state index in [0.29, 0.717) is 0 Å². The van der Waals surface area contributed by atoms with Crippen LogP contribution in [0, 0.1) is 6.92 Å². The van der Waals surface area contributed by atoms with E-state index in [4.69, 9.17) is 29.1 Å². The summed E-state index contributed by atoms with van der Waals surface area (Å²) in [5.41, 5.74) is 1.02. The van der Waals surface area contributed by atoms with Crippen molar-refractivity contribution in [2.75, 3.05) is 25.0 Å². The van der Waals surface area contributed by atoms with Crippen LogP contribution in [-0.2, 0) is 20.9 Å². The molecular weight excluding hydrogens is 542 g/mol. The normalized spacial score (nSPS) is 21.4. The van der Waals surface area contributed by atoms with Crippen molar-refractivity contribution in [3.05, 3.63) is 41.9 Å². The van der Waals surface area contributed by atoms with E-state index in [9.17, 15) is 26.3 Å². The van der Waals surface area contributed by atoms with E-state index in [-0.39, 0.29) is 11.7 Å². The van der Waals surface area contributed by atoms with E-state index >= 15 is 0 Å². The van der Waals surface area contributed by atoms with Crippen LogP contribution < -0.4 is 5.32 Å². The summed E-state index contributed by atoms with van der Waals surface area (Å²) in [6, 6.07) is 7.95. The van der Waals surface area contributed by atoms with Crippen molar-refractivity contribution < 1.29 is 55.4 Å². The van der Waals surface area contributed by atoms with Crippen LogP contribution in [0.1, 0.15) is 37.1 Å². The Morgan fingerprint density at radius 3 is 2.28 bits per heavy atom. The summed E-state index contributed by atoms with van der Waals surface area (Å²) < 4.78 is 75.2. The number of carbonyl (C=O) groups is 2. The van der Waals surface area contributed by atoms with Crippen LogP contribution in [0.4, 0.5) is 32.2 Å². The molecule has 0 bridgehead atoms. The van der Waals surface area contributed by atoms with Crippen molar-refractivity contribution in [3.8, 4) is 0 Å². The number of pyridine rings is 1. The zero-order valence-corrected chi connectivity index (χ0v) is 20.8. The van der Waals surface area contributed by atoms with E-state index in [2.05, 4.69) is 20.4 Å². The zero-order chi connectivity index (χ0) is 29.3. The topological polar surface area (TPSA) is 138 Å². The quantitative estimate of drug-likeness (QED) is 0.447. The number of anilines is 1. The molecule has 39 heavy (non-hydrogen) atoms. The number of aromatic nitrogens is 2. The number of likely N-dealkylation sites (tertiary alicyclic amines) is 1. The van der Waals surface area contributed by atoms with Crippen molar-refractivity contribution in [1.82, 2.24) is 15.0 Å². The third-order valence-electron chi connectivity index (χ3n) is 5.69. The highest BCUT2D eigenvalue weighted by molar-refractivity contribution is 5.73. The van der Waals surface area contributed by atoms with Crippen LogP contribution in [0.5, 0.6) is 0 Å². The first-order chi connectivity index (χ1) is 18.1. The minimum Gasteiger partial charge on any atom is -0.475 e. The molecule has 2 aliphatic rings. The predicted molar refractivity (Wildman–Crippen MR) is 123 cm³/mol. The van der Waals surface area contributed by atoms with Gasteiger partial charge in [-0.25, -0.2) is 14.6 Å². The maximum absolute atomic E-state index is 10.6. The summed E-state index contributed by atoms with van der Waals surface area (Å²) >= 11 is 0. The Balaban J connectivity index is 0.000000317. The second-order valence-electron chi connectivity index (χ2n) is 8.91. The van der Waals surface area contributed by atoms with Gasteiger partial charge >= 0.3 is 24.3 Å². The summed E-state index contributed by atoms with van der Waals surface area (Å²) in [7, 11) is 0. The molecule has 1 spiro atoms. The number of alkyl halides is 6. The number of carboxylic acids is 2. The fraction of sp³-hybridized carbons (Fsp3) is 0.565. The molecule has 2 fully saturated rings. The number of nitrogens with one attached hydrogen (secondary N) is 1. The van der Waals surface area contributed by atoms with Crippen LogP contribution in [0.25, 0.3) is 0 Å². The van der Waals surface area contributed by atoms with Crippen molar-refractivity contribution in [1.29, 1.82) is 0 Å². The molecule has 0 amide bonds. The van der Waals surface area contributed by atoms with Gasteiger partial charge in [0.2, 0.25) is 0 Å². The molecule has 2 aliphatic heterocycles. The van der Waals surface area contributed by atoms with Gasteiger partial charge in [0, 0.05) is 38.4 Å². The number of aryl methyl sites for hydroxylation is 1. The first-order valence-electron chi connectivity index (χ1n) is 11.7. The summed E-state index contributed by atoms with van der Waals surface area (Å²) in [4.78, 5) is 24.6. The number of nitrogens with zero attached hydrogens (tertiary/aromatic N) is 3. The number of ether oxygens (including phenoxy) is 1. The Bertz CT molecular complexity index is 1040. The highest BCUT2D eigenvalue weighted by Gasteiger charge is 2.43. The van der Waals surface area contributed by atoms with Crippen LogP contribution in [0.2, 0.25) is 0 Å². The lowest BCUT2D eigenvalue weighted by Gasteiger charge is -2.39. The maximum atomic E-state index is 10.6. The van der Waals surface area contributed by atoms with Gasteiger partial charge < -0.3 is 24.8 Å². The number of hydrogen-bond donors (Lipinski definition) is 3. The lowest BCUT2D eigenvalue weighted by molar-refractivity contribution is -0.193. The van der Waals surface area contributed by atoms with E-state index in [1.54, 1.807) is 0 Å². The lowest BCUT2D eigenvalue weighted by atomic mass is 9.90. The second kappa shape index (κ2) is 13.6. The van der Waals surface area contributed by atoms with Gasteiger partial charge in [-0.05, 0) is 44.7 Å².